The van der Waals surface area contributed by atoms with Crippen LogP contribution in [0.15, 0.2) is 60.8 Å². The fourth-order valence-electron chi connectivity index (χ4n) is 9.05. The molecular formula is C66H119O11P. The predicted octanol–water partition coefficient (Wildman–Crippen LogP) is 19.5. The Bertz CT molecular complexity index is 1540. The van der Waals surface area contributed by atoms with Crippen LogP contribution in [0.3, 0.4) is 0 Å². The third kappa shape index (κ3) is 57.9. The van der Waals surface area contributed by atoms with Crippen LogP contribution >= 0.6 is 7.82 Å². The summed E-state index contributed by atoms with van der Waals surface area (Å²) in [5.74, 6) is -1.47. The maximum atomic E-state index is 13.0. The van der Waals surface area contributed by atoms with E-state index >= 15 is 0 Å². The molecule has 0 rings (SSSR count). The van der Waals surface area contributed by atoms with Gasteiger partial charge in [-0.3, -0.25) is 23.4 Å². The molecule has 0 heterocycles. The average molecular weight is 1120 g/mol. The molecule has 0 aromatic heterocycles. The Balaban J connectivity index is 4.71. The van der Waals surface area contributed by atoms with Gasteiger partial charge in [0.15, 0.2) is 6.10 Å². The van der Waals surface area contributed by atoms with Crippen LogP contribution in [0.1, 0.15) is 303 Å². The quantitative estimate of drug-likeness (QED) is 0.0197. The lowest BCUT2D eigenvalue weighted by atomic mass is 10.0. The zero-order valence-corrected chi connectivity index (χ0v) is 51.3. The van der Waals surface area contributed by atoms with Gasteiger partial charge in [0.2, 0.25) is 0 Å². The second-order valence-corrected chi connectivity index (χ2v) is 23.0. The molecule has 0 aliphatic carbocycles. The lowest BCUT2D eigenvalue weighted by molar-refractivity contribution is -0.161. The highest BCUT2D eigenvalue weighted by Crippen LogP contribution is 2.43. The third-order valence-electron chi connectivity index (χ3n) is 13.9. The van der Waals surface area contributed by atoms with Crippen molar-refractivity contribution in [3.63, 3.8) is 0 Å². The number of allylic oxidation sites excluding steroid dienone is 10. The van der Waals surface area contributed by atoms with Crippen molar-refractivity contribution in [1.82, 2.24) is 0 Å². The van der Waals surface area contributed by atoms with E-state index in [1.165, 1.54) is 122 Å². The van der Waals surface area contributed by atoms with Crippen molar-refractivity contribution in [2.75, 3.05) is 26.4 Å². The predicted molar refractivity (Wildman–Crippen MR) is 325 cm³/mol. The van der Waals surface area contributed by atoms with E-state index in [1.54, 1.807) is 0 Å². The number of hydrogen-bond acceptors (Lipinski definition) is 10. The molecule has 0 aromatic rings. The maximum absolute atomic E-state index is 13.0. The van der Waals surface area contributed by atoms with Gasteiger partial charge in [0.1, 0.15) is 12.7 Å². The maximum Gasteiger partial charge on any atom is 0.472 e. The smallest absolute Gasteiger partial charge is 0.462 e. The van der Waals surface area contributed by atoms with Gasteiger partial charge < -0.3 is 24.2 Å². The monoisotopic (exact) mass is 1120 g/mol. The van der Waals surface area contributed by atoms with Gasteiger partial charge in [0, 0.05) is 19.3 Å². The molecule has 454 valence electrons. The summed E-state index contributed by atoms with van der Waals surface area (Å²) < 4.78 is 39.7. The molecule has 2 N–H and O–H groups in total. The highest BCUT2D eigenvalue weighted by atomic mass is 31.2. The molecule has 0 aromatic carbocycles. The standard InChI is InChI=1S/C66H119O11P/c1-4-7-10-13-16-19-22-25-27-29-31-33-35-38-40-43-46-49-52-55-64(68)73-59-63(77-66(70)57-54-51-48-45-42-39-36-34-32-30-28-26-23-20-17-14-11-8-5-2)61-75-78(71,72)74-60-62(58-67)76-65(69)56-53-50-47-44-41-37-24-21-18-15-12-9-6-3/h7,10,16,19,21,24-25,27,31,33,62-63,67H,4-6,8-9,11-15,17-18,20,22-23,26,28-30,32,34-61H2,1-3H3,(H,71,72)/b10-7-,19-16-,24-21-,27-25-,33-31-. The van der Waals surface area contributed by atoms with E-state index < -0.39 is 57.8 Å². The fraction of sp³-hybridized carbons (Fsp3) is 0.803. The molecule has 0 amide bonds. The molecule has 0 bridgehead atoms. The first kappa shape index (κ1) is 75.2. The van der Waals surface area contributed by atoms with Gasteiger partial charge in [0.05, 0.1) is 19.8 Å². The van der Waals surface area contributed by atoms with Crippen molar-refractivity contribution in [3.8, 4) is 0 Å². The Morgan fingerprint density at radius 3 is 1.05 bits per heavy atom. The average Bonchev–Trinajstić information content (AvgIpc) is 3.43. The molecule has 0 saturated heterocycles. The number of hydrogen-bond donors (Lipinski definition) is 2. The molecular weight excluding hydrogens is 1000 g/mol. The summed E-state index contributed by atoms with van der Waals surface area (Å²) in [5.41, 5.74) is 0. The molecule has 0 aliphatic rings. The highest BCUT2D eigenvalue weighted by Gasteiger charge is 2.28. The van der Waals surface area contributed by atoms with Crippen LogP contribution in [0.25, 0.3) is 0 Å². The second kappa shape index (κ2) is 60.3. The molecule has 3 unspecified atom stereocenters. The van der Waals surface area contributed by atoms with Crippen LogP contribution in [0.5, 0.6) is 0 Å². The van der Waals surface area contributed by atoms with E-state index in [1.807, 2.05) is 0 Å². The Morgan fingerprint density at radius 2 is 0.667 bits per heavy atom. The van der Waals surface area contributed by atoms with Crippen LogP contribution < -0.4 is 0 Å². The number of rotatable bonds is 60. The fourth-order valence-corrected chi connectivity index (χ4v) is 9.83. The van der Waals surface area contributed by atoms with Crippen LogP contribution in [0, 0.1) is 0 Å². The minimum absolute atomic E-state index is 0.167. The largest absolute Gasteiger partial charge is 0.472 e. The Hall–Kier alpha value is -2.82. The molecule has 0 aliphatic heterocycles. The molecule has 0 spiro atoms. The van der Waals surface area contributed by atoms with E-state index in [9.17, 15) is 28.9 Å². The van der Waals surface area contributed by atoms with Crippen molar-refractivity contribution < 1.29 is 52.2 Å². The number of esters is 3. The van der Waals surface area contributed by atoms with Gasteiger partial charge in [-0.2, -0.15) is 0 Å². The van der Waals surface area contributed by atoms with Crippen molar-refractivity contribution in [2.24, 2.45) is 0 Å². The van der Waals surface area contributed by atoms with Gasteiger partial charge in [-0.05, 0) is 83.5 Å². The van der Waals surface area contributed by atoms with Gasteiger partial charge in [0.25, 0.3) is 0 Å². The first-order chi connectivity index (χ1) is 38.2. The van der Waals surface area contributed by atoms with E-state index in [0.29, 0.717) is 19.3 Å². The van der Waals surface area contributed by atoms with E-state index in [4.69, 9.17) is 23.3 Å². The number of carbonyl (C=O) groups excluding carboxylic acids is 3. The lowest BCUT2D eigenvalue weighted by Crippen LogP contribution is -2.30. The number of phosphoric ester groups is 1. The summed E-state index contributed by atoms with van der Waals surface area (Å²) in [6, 6.07) is 0. The number of aliphatic hydroxyl groups excluding tert-OH is 1. The molecule has 0 saturated carbocycles. The zero-order chi connectivity index (χ0) is 56.9. The van der Waals surface area contributed by atoms with E-state index in [-0.39, 0.29) is 25.9 Å². The van der Waals surface area contributed by atoms with Gasteiger partial charge in [-0.25, -0.2) is 4.57 Å². The molecule has 3 atom stereocenters. The summed E-state index contributed by atoms with van der Waals surface area (Å²) in [7, 11) is -4.76. The van der Waals surface area contributed by atoms with Crippen molar-refractivity contribution >= 4 is 25.7 Å². The van der Waals surface area contributed by atoms with Crippen molar-refractivity contribution in [3.05, 3.63) is 60.8 Å². The summed E-state index contributed by atoms with van der Waals surface area (Å²) in [4.78, 5) is 48.7. The first-order valence-electron chi connectivity index (χ1n) is 32.2. The summed E-state index contributed by atoms with van der Waals surface area (Å²) in [6.45, 7) is 4.55. The second-order valence-electron chi connectivity index (χ2n) is 21.6. The lowest BCUT2D eigenvalue weighted by Gasteiger charge is -2.21. The molecule has 78 heavy (non-hydrogen) atoms. The van der Waals surface area contributed by atoms with Crippen molar-refractivity contribution in [1.29, 1.82) is 0 Å². The van der Waals surface area contributed by atoms with Gasteiger partial charge in [-0.1, -0.05) is 261 Å². The molecule has 11 nitrogen and oxygen atoms in total. The Labute approximate surface area is 478 Å². The van der Waals surface area contributed by atoms with E-state index in [2.05, 4.69) is 81.5 Å². The third-order valence-corrected chi connectivity index (χ3v) is 14.9. The SMILES string of the molecule is CC/C=C\C/C=C\C/C=C\C/C=C\CCCCCCCCC(=O)OCC(COP(=O)(O)OCC(CO)OC(=O)CCCCCCC/C=C\CCCCCC)OC(=O)CCCCCCCCCCCCCCCCCCCCC. The number of aliphatic hydroxyl groups is 1. The van der Waals surface area contributed by atoms with Crippen LogP contribution in [0.2, 0.25) is 0 Å². The minimum atomic E-state index is -4.76. The van der Waals surface area contributed by atoms with Crippen LogP contribution in [-0.4, -0.2) is 66.5 Å². The summed E-state index contributed by atoms with van der Waals surface area (Å²) in [5, 5.41) is 9.83. The van der Waals surface area contributed by atoms with Gasteiger partial charge >= 0.3 is 25.7 Å². The number of unbranched alkanes of at least 4 members (excludes halogenated alkanes) is 33. The first-order valence-corrected chi connectivity index (χ1v) is 33.7. The highest BCUT2D eigenvalue weighted by molar-refractivity contribution is 7.47. The Kier molecular flexibility index (Phi) is 58.1. The number of carbonyl (C=O) groups is 3. The molecule has 0 fully saturated rings. The summed E-state index contributed by atoms with van der Waals surface area (Å²) >= 11 is 0. The number of phosphoric acid groups is 1. The van der Waals surface area contributed by atoms with Crippen molar-refractivity contribution in [2.45, 2.75) is 315 Å². The topological polar surface area (TPSA) is 155 Å². The zero-order valence-electron chi connectivity index (χ0n) is 50.4. The van der Waals surface area contributed by atoms with Crippen LogP contribution in [0.4, 0.5) is 0 Å². The molecule has 0 radical (unpaired) electrons. The number of ether oxygens (including phenoxy) is 3. The summed E-state index contributed by atoms with van der Waals surface area (Å²) in [6.07, 6.45) is 67.4. The van der Waals surface area contributed by atoms with E-state index in [0.717, 1.165) is 122 Å². The normalized spacial score (nSPS) is 13.7. The van der Waals surface area contributed by atoms with Gasteiger partial charge in [-0.15, -0.1) is 0 Å². The Morgan fingerprint density at radius 1 is 0.372 bits per heavy atom. The van der Waals surface area contributed by atoms with Crippen LogP contribution in [-0.2, 0) is 42.2 Å². The minimum Gasteiger partial charge on any atom is -0.462 e. The molecule has 12 heteroatoms.